The fraction of sp³-hybridized carbons (Fsp3) is 0.538. The van der Waals surface area contributed by atoms with Gasteiger partial charge in [-0.25, -0.2) is 17.2 Å². The van der Waals surface area contributed by atoms with E-state index >= 15 is 0 Å². The van der Waals surface area contributed by atoms with E-state index in [0.29, 0.717) is 26.2 Å². The lowest BCUT2D eigenvalue weighted by Crippen LogP contribution is -2.44. The Morgan fingerprint density at radius 1 is 1.14 bits per heavy atom. The van der Waals surface area contributed by atoms with Crippen molar-refractivity contribution < 1.29 is 17.2 Å². The average molecular weight is 341 g/mol. The predicted octanol–water partition coefficient (Wildman–Crippen LogP) is 1.98. The standard InChI is InChI=1S/C13H18F2N2O2S.ClH/c1-9(2)20(18,19)11-4-3-10(12(14)13(11)15)17-7-5-16-6-8-17;/h3-4,9,16H,5-8H2,1-2H3;1H. The van der Waals surface area contributed by atoms with Gasteiger partial charge < -0.3 is 10.2 Å². The highest BCUT2D eigenvalue weighted by Gasteiger charge is 2.28. The lowest BCUT2D eigenvalue weighted by atomic mass is 10.2. The van der Waals surface area contributed by atoms with Crippen LogP contribution in [0.2, 0.25) is 0 Å². The van der Waals surface area contributed by atoms with Gasteiger partial charge in [0.05, 0.1) is 10.9 Å². The van der Waals surface area contributed by atoms with Crippen molar-refractivity contribution in [1.82, 2.24) is 5.32 Å². The van der Waals surface area contributed by atoms with Gasteiger partial charge >= 0.3 is 0 Å². The molecule has 1 aromatic carbocycles. The molecule has 0 radical (unpaired) electrons. The van der Waals surface area contributed by atoms with Gasteiger partial charge in [-0.15, -0.1) is 12.4 Å². The summed E-state index contributed by atoms with van der Waals surface area (Å²) < 4.78 is 52.1. The second-order valence-electron chi connectivity index (χ2n) is 5.04. The Morgan fingerprint density at radius 3 is 2.24 bits per heavy atom. The minimum absolute atomic E-state index is 0. The monoisotopic (exact) mass is 340 g/mol. The Kier molecular flexibility index (Phi) is 5.95. The topological polar surface area (TPSA) is 49.4 Å². The molecule has 21 heavy (non-hydrogen) atoms. The average Bonchev–Trinajstić information content (AvgIpc) is 2.42. The lowest BCUT2D eigenvalue weighted by Gasteiger charge is -2.30. The van der Waals surface area contributed by atoms with Crippen LogP contribution in [0, 0.1) is 11.6 Å². The maximum atomic E-state index is 14.1. The van der Waals surface area contributed by atoms with Gasteiger partial charge in [0.15, 0.2) is 21.5 Å². The third-order valence-corrected chi connectivity index (χ3v) is 5.58. The number of benzene rings is 1. The molecule has 0 atom stereocenters. The summed E-state index contributed by atoms with van der Waals surface area (Å²) in [7, 11) is -3.82. The van der Waals surface area contributed by atoms with Gasteiger partial charge in [0.25, 0.3) is 0 Å². The largest absolute Gasteiger partial charge is 0.367 e. The fourth-order valence-electron chi connectivity index (χ4n) is 2.15. The Morgan fingerprint density at radius 2 is 1.71 bits per heavy atom. The first kappa shape index (κ1) is 18.1. The van der Waals surface area contributed by atoms with E-state index in [1.807, 2.05) is 0 Å². The van der Waals surface area contributed by atoms with Gasteiger partial charge in [-0.05, 0) is 26.0 Å². The van der Waals surface area contributed by atoms with E-state index in [-0.39, 0.29) is 18.1 Å². The summed E-state index contributed by atoms with van der Waals surface area (Å²) >= 11 is 0. The van der Waals surface area contributed by atoms with E-state index in [1.165, 1.54) is 19.9 Å². The molecule has 0 aliphatic carbocycles. The Bertz CT molecular complexity index is 602. The van der Waals surface area contributed by atoms with Gasteiger partial charge in [-0.2, -0.15) is 0 Å². The maximum absolute atomic E-state index is 14.1. The van der Waals surface area contributed by atoms with E-state index in [0.717, 1.165) is 6.07 Å². The number of nitrogens with one attached hydrogen (secondary N) is 1. The molecule has 0 saturated carbocycles. The van der Waals surface area contributed by atoms with Crippen LogP contribution in [0.1, 0.15) is 13.8 Å². The van der Waals surface area contributed by atoms with Crippen molar-refractivity contribution in [2.75, 3.05) is 31.1 Å². The molecule has 2 rings (SSSR count). The smallest absolute Gasteiger partial charge is 0.183 e. The van der Waals surface area contributed by atoms with E-state index in [1.54, 1.807) is 4.90 Å². The number of anilines is 1. The Hall–Kier alpha value is -0.920. The molecule has 1 aliphatic heterocycles. The first-order valence-corrected chi connectivity index (χ1v) is 8.08. The number of nitrogens with zero attached hydrogens (tertiary/aromatic N) is 1. The highest BCUT2D eigenvalue weighted by atomic mass is 35.5. The van der Waals surface area contributed by atoms with Crippen molar-refractivity contribution in [3.8, 4) is 0 Å². The first-order valence-electron chi connectivity index (χ1n) is 6.53. The minimum atomic E-state index is -3.82. The van der Waals surface area contributed by atoms with Crippen LogP contribution < -0.4 is 10.2 Å². The quantitative estimate of drug-likeness (QED) is 0.914. The highest BCUT2D eigenvalue weighted by Crippen LogP contribution is 2.28. The Balaban J connectivity index is 0.00000220. The van der Waals surface area contributed by atoms with E-state index in [4.69, 9.17) is 0 Å². The highest BCUT2D eigenvalue weighted by molar-refractivity contribution is 7.92. The van der Waals surface area contributed by atoms with Crippen molar-refractivity contribution in [2.24, 2.45) is 0 Å². The summed E-state index contributed by atoms with van der Waals surface area (Å²) in [5.74, 6) is -2.37. The molecule has 1 fully saturated rings. The molecule has 0 aromatic heterocycles. The minimum Gasteiger partial charge on any atom is -0.367 e. The number of sulfone groups is 1. The number of halogens is 3. The van der Waals surface area contributed by atoms with Crippen molar-refractivity contribution >= 4 is 27.9 Å². The fourth-order valence-corrected chi connectivity index (χ4v) is 3.25. The molecule has 1 N–H and O–H groups in total. The number of piperazine rings is 1. The normalized spacial score (nSPS) is 16.0. The summed E-state index contributed by atoms with van der Waals surface area (Å²) in [6.45, 7) is 5.38. The second-order valence-corrected chi connectivity index (χ2v) is 7.51. The summed E-state index contributed by atoms with van der Waals surface area (Å²) in [5.41, 5.74) is 0.117. The molecule has 0 amide bonds. The zero-order chi connectivity index (χ0) is 14.9. The van der Waals surface area contributed by atoms with Gasteiger partial charge in [-0.1, -0.05) is 0 Å². The van der Waals surface area contributed by atoms with Crippen LogP contribution in [-0.4, -0.2) is 39.8 Å². The summed E-state index contributed by atoms with van der Waals surface area (Å²) in [5, 5.41) is 2.33. The van der Waals surface area contributed by atoms with Gasteiger partial charge in [-0.3, -0.25) is 0 Å². The zero-order valence-corrected chi connectivity index (χ0v) is 13.5. The number of rotatable bonds is 3. The molecule has 0 spiro atoms. The predicted molar refractivity (Wildman–Crippen MR) is 81.0 cm³/mol. The third-order valence-electron chi connectivity index (χ3n) is 3.41. The zero-order valence-electron chi connectivity index (χ0n) is 11.9. The molecule has 1 aromatic rings. The summed E-state index contributed by atoms with van der Waals surface area (Å²) in [4.78, 5) is 1.14. The number of hydrogen-bond donors (Lipinski definition) is 1. The molecule has 1 heterocycles. The van der Waals surface area contributed by atoms with Crippen LogP contribution in [0.25, 0.3) is 0 Å². The molecule has 0 unspecified atom stereocenters. The van der Waals surface area contributed by atoms with Crippen molar-refractivity contribution in [2.45, 2.75) is 24.0 Å². The van der Waals surface area contributed by atoms with E-state index in [9.17, 15) is 17.2 Å². The van der Waals surface area contributed by atoms with Gasteiger partial charge in [0, 0.05) is 26.2 Å². The molecule has 1 saturated heterocycles. The molecule has 1 aliphatic rings. The number of hydrogen-bond acceptors (Lipinski definition) is 4. The molecule has 8 heteroatoms. The van der Waals surface area contributed by atoms with Crippen molar-refractivity contribution in [3.63, 3.8) is 0 Å². The van der Waals surface area contributed by atoms with Crippen molar-refractivity contribution in [1.29, 1.82) is 0 Å². The van der Waals surface area contributed by atoms with Crippen LogP contribution in [-0.2, 0) is 9.84 Å². The lowest BCUT2D eigenvalue weighted by molar-refractivity contribution is 0.478. The van der Waals surface area contributed by atoms with Crippen LogP contribution >= 0.6 is 12.4 Å². The van der Waals surface area contributed by atoms with Crippen LogP contribution in [0.15, 0.2) is 17.0 Å². The SMILES string of the molecule is CC(C)S(=O)(=O)c1ccc(N2CCNCC2)c(F)c1F.Cl. The van der Waals surface area contributed by atoms with Crippen LogP contribution in [0.3, 0.4) is 0 Å². The van der Waals surface area contributed by atoms with Crippen molar-refractivity contribution in [3.05, 3.63) is 23.8 Å². The third kappa shape index (κ3) is 3.46. The summed E-state index contributed by atoms with van der Waals surface area (Å²) in [6.07, 6.45) is 0. The molecule has 4 nitrogen and oxygen atoms in total. The first-order chi connectivity index (χ1) is 9.35. The molecule has 0 bridgehead atoms. The molecular weight excluding hydrogens is 322 g/mol. The molecule has 120 valence electrons. The van der Waals surface area contributed by atoms with E-state index < -0.39 is 31.6 Å². The van der Waals surface area contributed by atoms with Crippen LogP contribution in [0.4, 0.5) is 14.5 Å². The van der Waals surface area contributed by atoms with Gasteiger partial charge in [0.2, 0.25) is 0 Å². The van der Waals surface area contributed by atoms with Crippen LogP contribution in [0.5, 0.6) is 0 Å². The second kappa shape index (κ2) is 6.89. The Labute approximate surface area is 129 Å². The van der Waals surface area contributed by atoms with E-state index in [2.05, 4.69) is 5.32 Å². The molecular formula is C13H19ClF2N2O2S. The summed E-state index contributed by atoms with van der Waals surface area (Å²) in [6, 6.07) is 2.50. The maximum Gasteiger partial charge on any atom is 0.183 e. The van der Waals surface area contributed by atoms with Gasteiger partial charge in [0.1, 0.15) is 4.90 Å².